The van der Waals surface area contributed by atoms with Crippen LogP contribution in [0.25, 0.3) is 55.4 Å². The van der Waals surface area contributed by atoms with Gasteiger partial charge in [0, 0.05) is 90.0 Å². The monoisotopic (exact) mass is 1690 g/mol. The Labute approximate surface area is 745 Å². The number of hydrogen-bond donors (Lipinski definition) is 3. The summed E-state index contributed by atoms with van der Waals surface area (Å²) in [6.45, 7) is 10.2. The van der Waals surface area contributed by atoms with Gasteiger partial charge in [-0.05, 0) is 158 Å². The molecule has 0 unspecified atom stereocenters. The number of halogens is 4. The third kappa shape index (κ3) is 31.3. The van der Waals surface area contributed by atoms with Crippen LogP contribution in [0.2, 0.25) is 0 Å². The second kappa shape index (κ2) is 53.5. The number of carboxylic acids is 3. The van der Waals surface area contributed by atoms with Crippen molar-refractivity contribution in [3.05, 3.63) is 362 Å². The van der Waals surface area contributed by atoms with E-state index in [1.165, 1.54) is 120 Å². The van der Waals surface area contributed by atoms with Crippen LogP contribution in [0.1, 0.15) is 138 Å². The largest absolute Gasteiger partial charge is 1.00 e. The fourth-order valence-electron chi connectivity index (χ4n) is 11.5. The SMILES string of the molecule is C1CCOC1.CC(=O)CC(=O)[O-].CC(=O)CC(=O)c1ncccc1F.CC(=O)c1cn(Cc2ccccc2-c2ccccc2)c2cccnc2c1=O.CC=C(C(C)=O)C(=O)c1ncccc1F.CF.NCc1ccccc1-c1ccccc1.O=C(O)c1cn(Cc2ccccc2-c2ccccc2)c2cccnc2c1=O.O=C(O)c1ncccc1F.[2H]C.[K+]. The number of aliphatic carboxylic acids is 1. The third-order valence-electron chi connectivity index (χ3n) is 17.0. The number of nitrogens with two attached hydrogens (primary N) is 1. The van der Waals surface area contributed by atoms with E-state index in [9.17, 15) is 80.5 Å². The van der Waals surface area contributed by atoms with Crippen LogP contribution >= 0.6 is 0 Å². The molecule has 0 spiro atoms. The van der Waals surface area contributed by atoms with Crippen LogP contribution in [0.5, 0.6) is 0 Å². The zero-order chi connectivity index (χ0) is 89.6. The molecule has 0 aliphatic carbocycles. The minimum absolute atomic E-state index is 0. The number of carbonyl (C=O) groups is 9. The third-order valence-corrected chi connectivity index (χ3v) is 17.0. The van der Waals surface area contributed by atoms with Crippen LogP contribution < -0.4 is 73.1 Å². The standard InChI is InChI=1S/C23H18N2O2.C22H16N2O3.C13H13N.C11H10FNO2.C9H8FNO2.C6H4FNO2.C4H6O3.C4H8O.CH3F.CH4.K/c1-16(26)20-15-25(21-12-7-13-24-22(21)23(20)27)14-18-10-5-6-11-19(18)17-8-3-2-4-9-17;25-21-18(22(26)27)14-24(19-11-6-12-23-20(19)21)13-16-9-4-5-10-17(16)15-7-2-1-3-8-15;14-10-12-8-4-5-9-13(12)11-6-2-1-3-7-11;1-3-8(7(2)14)11(15)10-9(12)5-4-6-13-10;1-6(12)5-8(13)9-7(10)3-2-4-11-9;7-4-2-1-3-8-5(4)6(9)10;1-3(5)2-4(6)7;1-2-4-5-3-1;1-2;;/h2-13,15H,14H2,1H3;1-12,14H,13H2,(H,26,27);1-9H,10,14H2;3-6H,1-2H3;2-4H,5H2,1H3;1-3H,(H,9,10);2H2,1H3,(H,6,7);1-4H2;1H3;1H4;/q;;;;;;;;;;+1/p-1/i;;;;;;;;;1D;. The first-order valence-corrected chi connectivity index (χ1v) is 37.0. The summed E-state index contributed by atoms with van der Waals surface area (Å²) in [5, 5.41) is 27.1. The number of aromatic nitrogens is 7. The number of Topliss-reactive ketones (excluding diaryl/α,β-unsaturated/α-hetero) is 6. The maximum absolute atomic E-state index is 13.2. The van der Waals surface area contributed by atoms with E-state index in [1.807, 2.05) is 126 Å². The van der Waals surface area contributed by atoms with Crippen molar-refractivity contribution in [1.82, 2.24) is 34.1 Å². The van der Waals surface area contributed by atoms with Crippen molar-refractivity contribution in [1.29, 1.82) is 0 Å². The molecular weight excluding hydrogens is 1600 g/mol. The number of carboxylic acid groups (broad SMARTS) is 3. The maximum atomic E-state index is 13.2. The molecule has 1 aliphatic heterocycles. The van der Waals surface area contributed by atoms with Crippen molar-refractivity contribution in [3.63, 3.8) is 0 Å². The maximum Gasteiger partial charge on any atom is 1.00 e. The van der Waals surface area contributed by atoms with Gasteiger partial charge >= 0.3 is 63.3 Å². The number of fused-ring (bicyclic) bond motifs is 2. The number of nitrogens with zero attached hydrogens (tertiary/aromatic N) is 7. The molecule has 23 nitrogen and oxygen atoms in total. The molecule has 6 aromatic carbocycles. The van der Waals surface area contributed by atoms with Crippen molar-refractivity contribution in [3.8, 4) is 33.4 Å². The Morgan fingerprint density at radius 3 is 1.16 bits per heavy atom. The summed E-state index contributed by atoms with van der Waals surface area (Å²) in [7, 11) is 1.75. The zero-order valence-corrected chi connectivity index (χ0v) is 71.4. The minimum Gasteiger partial charge on any atom is -0.550 e. The number of ketones is 6. The quantitative estimate of drug-likeness (QED) is 0.0169. The van der Waals surface area contributed by atoms with Crippen molar-refractivity contribution in [2.75, 3.05) is 20.4 Å². The van der Waals surface area contributed by atoms with E-state index in [1.54, 1.807) is 42.1 Å². The molecule has 8 heterocycles. The summed E-state index contributed by atoms with van der Waals surface area (Å²) in [6.07, 6.45) is 13.1. The van der Waals surface area contributed by atoms with Crippen LogP contribution in [0, 0.1) is 17.5 Å². The molecule has 0 bridgehead atoms. The Hall–Kier alpha value is -13.1. The Morgan fingerprint density at radius 2 is 0.828 bits per heavy atom. The molecule has 122 heavy (non-hydrogen) atoms. The summed E-state index contributed by atoms with van der Waals surface area (Å²) in [6, 6.07) is 69.4. The molecular formula is C94H89F4KN8O15. The normalized spacial score (nSPS) is 10.7. The summed E-state index contributed by atoms with van der Waals surface area (Å²) in [5.74, 6) is -8.70. The topological polar surface area (TPSA) is 361 Å². The first-order valence-electron chi connectivity index (χ1n) is 38.0. The van der Waals surface area contributed by atoms with Crippen LogP contribution in [0.3, 0.4) is 0 Å². The van der Waals surface area contributed by atoms with Gasteiger partial charge in [0.15, 0.2) is 40.5 Å². The van der Waals surface area contributed by atoms with Gasteiger partial charge in [-0.25, -0.2) is 32.7 Å². The van der Waals surface area contributed by atoms with Gasteiger partial charge in [0.2, 0.25) is 16.6 Å². The molecule has 0 radical (unpaired) electrons. The van der Waals surface area contributed by atoms with E-state index in [0.29, 0.717) is 37.8 Å². The molecule has 1 saturated heterocycles. The average molecular weight is 1690 g/mol. The fourth-order valence-corrected chi connectivity index (χ4v) is 11.5. The van der Waals surface area contributed by atoms with E-state index < -0.39 is 70.3 Å². The van der Waals surface area contributed by atoms with Crippen molar-refractivity contribution >= 4 is 74.7 Å². The van der Waals surface area contributed by atoms with Gasteiger partial charge in [-0.15, -0.1) is 0 Å². The van der Waals surface area contributed by atoms with Gasteiger partial charge in [-0.3, -0.25) is 57.7 Å². The number of alkyl halides is 1. The number of pyridine rings is 7. The first kappa shape index (κ1) is 99.5. The number of allylic oxidation sites excluding steroid dienone is 2. The van der Waals surface area contributed by atoms with E-state index in [0.717, 1.165) is 70.3 Å². The number of hydrogen-bond acceptors (Lipinski definition) is 19. The molecule has 1 aliphatic rings. The van der Waals surface area contributed by atoms with E-state index in [2.05, 4.69) is 73.5 Å². The van der Waals surface area contributed by atoms with Crippen LogP contribution in [0.15, 0.2) is 289 Å². The molecule has 0 saturated carbocycles. The van der Waals surface area contributed by atoms with Gasteiger partial charge in [-0.1, -0.05) is 177 Å². The number of aromatic carboxylic acids is 2. The van der Waals surface area contributed by atoms with Gasteiger partial charge in [-0.2, -0.15) is 0 Å². The number of carbonyl (C=O) groups excluding carboxylic acids is 7. The molecule has 13 aromatic rings. The fraction of sp³-hybridized carbons (Fsp3) is 0.170. The van der Waals surface area contributed by atoms with Crippen LogP contribution in [-0.4, -0.2) is 117 Å². The number of rotatable bonds is 19. The molecule has 1 fully saturated rings. The molecule has 4 N–H and O–H groups in total. The Balaban J connectivity index is 0.000000307. The van der Waals surface area contributed by atoms with Crippen molar-refractivity contribution in [2.45, 2.75) is 87.3 Å². The summed E-state index contributed by atoms with van der Waals surface area (Å²) in [4.78, 5) is 141. The summed E-state index contributed by atoms with van der Waals surface area (Å²) in [5.41, 5.74) is 15.5. The van der Waals surface area contributed by atoms with Gasteiger partial charge in [0.05, 0.1) is 35.8 Å². The molecule has 28 heteroatoms. The van der Waals surface area contributed by atoms with Crippen LogP contribution in [-0.2, 0) is 43.5 Å². The summed E-state index contributed by atoms with van der Waals surface area (Å²) < 4.78 is 62.4. The van der Waals surface area contributed by atoms with E-state index in [4.69, 9.17) is 16.9 Å². The van der Waals surface area contributed by atoms with E-state index >= 15 is 0 Å². The molecule has 0 amide bonds. The Kier molecular flexibility index (Phi) is 43.6. The molecule has 0 atom stereocenters. The Morgan fingerprint density at radius 1 is 0.475 bits per heavy atom. The average Bonchev–Trinajstić information content (AvgIpc) is 1.29. The van der Waals surface area contributed by atoms with Crippen molar-refractivity contribution < 1.29 is 134 Å². The van der Waals surface area contributed by atoms with Gasteiger partial charge < -0.3 is 39.7 Å². The predicted molar refractivity (Wildman–Crippen MR) is 453 cm³/mol. The number of benzene rings is 6. The van der Waals surface area contributed by atoms with E-state index in [-0.39, 0.29) is 114 Å². The number of ether oxygens (including phenoxy) is 1. The summed E-state index contributed by atoms with van der Waals surface area (Å²) >= 11 is 0. The van der Waals surface area contributed by atoms with Crippen LogP contribution in [0.4, 0.5) is 17.6 Å². The second-order valence-corrected chi connectivity index (χ2v) is 25.6. The minimum atomic E-state index is -1.35. The molecule has 7 aromatic heterocycles. The second-order valence-electron chi connectivity index (χ2n) is 25.6. The van der Waals surface area contributed by atoms with Gasteiger partial charge in [0.25, 0.3) is 0 Å². The van der Waals surface area contributed by atoms with Gasteiger partial charge in [0.1, 0.15) is 39.6 Å². The smallest absolute Gasteiger partial charge is 0.550 e. The Bertz CT molecular complexity index is 5650. The zero-order valence-electron chi connectivity index (χ0n) is 69.3. The first-order chi connectivity index (χ1) is 58.7. The van der Waals surface area contributed by atoms with Crippen molar-refractivity contribution in [2.24, 2.45) is 5.73 Å². The molecule has 14 rings (SSSR count). The molecule has 624 valence electrons. The predicted octanol–water partition coefficient (Wildman–Crippen LogP) is 12.9.